The van der Waals surface area contributed by atoms with Crippen molar-refractivity contribution in [2.75, 3.05) is 19.0 Å². The van der Waals surface area contributed by atoms with E-state index in [1.54, 1.807) is 25.1 Å². The van der Waals surface area contributed by atoms with Gasteiger partial charge in [-0.3, -0.25) is 0 Å². The quantitative estimate of drug-likeness (QED) is 0.372. The number of anilines is 1. The fourth-order valence-electron chi connectivity index (χ4n) is 1.49. The van der Waals surface area contributed by atoms with E-state index in [1.165, 1.54) is 19.4 Å². The molecule has 4 heteroatoms. The van der Waals surface area contributed by atoms with Crippen molar-refractivity contribution in [3.8, 4) is 0 Å². The van der Waals surface area contributed by atoms with Crippen LogP contribution in [0.5, 0.6) is 0 Å². The SMILES string of the molecule is CC.CC.CC.[CH-]=C(C=C[CH]=[W])Cc1c(N(C)C)c(=O)c1=O. The molecule has 3 nitrogen and oxygen atoms in total. The van der Waals surface area contributed by atoms with Crippen LogP contribution in [-0.4, -0.2) is 18.5 Å². The Bertz CT molecular complexity index is 521. The maximum absolute atomic E-state index is 11.4. The zero-order chi connectivity index (χ0) is 18.3. The van der Waals surface area contributed by atoms with Gasteiger partial charge < -0.3 is 0 Å². The van der Waals surface area contributed by atoms with Crippen LogP contribution in [0.25, 0.3) is 0 Å². The average molecular weight is 476 g/mol. The number of hydrogen-bond acceptors (Lipinski definition) is 3. The normalized spacial score (nSPS) is 8.73. The van der Waals surface area contributed by atoms with Gasteiger partial charge in [0.05, 0.1) is 0 Å². The molecular formula is C18H30NO2W-. The Kier molecular flexibility index (Phi) is 19.1. The van der Waals surface area contributed by atoms with E-state index in [1.807, 2.05) is 52.0 Å². The number of allylic oxidation sites excluding steroid dienone is 3. The summed E-state index contributed by atoms with van der Waals surface area (Å²) in [5.74, 6) is 0. The van der Waals surface area contributed by atoms with E-state index in [4.69, 9.17) is 6.58 Å². The van der Waals surface area contributed by atoms with Crippen molar-refractivity contribution in [1.82, 2.24) is 0 Å². The fraction of sp³-hybridized carbons (Fsp3) is 0.500. The summed E-state index contributed by atoms with van der Waals surface area (Å²) in [7, 11) is 3.49. The van der Waals surface area contributed by atoms with E-state index >= 15 is 0 Å². The maximum atomic E-state index is 11.4. The summed E-state index contributed by atoms with van der Waals surface area (Å²) in [6.07, 6.45) is 3.94. The van der Waals surface area contributed by atoms with Crippen molar-refractivity contribution in [3.63, 3.8) is 0 Å². The molecule has 0 N–H and O–H groups in total. The van der Waals surface area contributed by atoms with Crippen LogP contribution in [0.4, 0.5) is 5.69 Å². The Morgan fingerprint density at radius 1 is 1.05 bits per heavy atom. The molecule has 0 fully saturated rings. The van der Waals surface area contributed by atoms with Crippen LogP contribution in [0.2, 0.25) is 0 Å². The first kappa shape index (κ1) is 25.8. The van der Waals surface area contributed by atoms with Gasteiger partial charge >= 0.3 is 105 Å². The molecule has 0 radical (unpaired) electrons. The van der Waals surface area contributed by atoms with Gasteiger partial charge in [-0.1, -0.05) is 41.5 Å². The third-order valence-corrected chi connectivity index (χ3v) is 2.76. The fourth-order valence-corrected chi connectivity index (χ4v) is 1.77. The van der Waals surface area contributed by atoms with Crippen LogP contribution in [0.3, 0.4) is 0 Å². The van der Waals surface area contributed by atoms with Gasteiger partial charge in [0, 0.05) is 0 Å². The molecule has 0 amide bonds. The molecule has 0 saturated heterocycles. The Labute approximate surface area is 146 Å². The van der Waals surface area contributed by atoms with E-state index in [9.17, 15) is 9.59 Å². The second-order valence-corrected chi connectivity index (χ2v) is 4.60. The van der Waals surface area contributed by atoms with Gasteiger partial charge in [0.1, 0.15) is 0 Å². The molecule has 0 aliphatic carbocycles. The third kappa shape index (κ3) is 8.38. The Hall–Kier alpha value is -1.08. The Morgan fingerprint density at radius 2 is 1.50 bits per heavy atom. The molecule has 1 aromatic carbocycles. The summed E-state index contributed by atoms with van der Waals surface area (Å²) in [6, 6.07) is 0. The molecule has 0 unspecified atom stereocenters. The summed E-state index contributed by atoms with van der Waals surface area (Å²) < 4.78 is 1.93. The van der Waals surface area contributed by atoms with Crippen LogP contribution in [0.1, 0.15) is 47.1 Å². The molecule has 0 bridgehead atoms. The molecule has 0 aliphatic heterocycles. The summed E-state index contributed by atoms with van der Waals surface area (Å²) in [5.41, 5.74) is 0.759. The first-order valence-electron chi connectivity index (χ1n) is 7.71. The van der Waals surface area contributed by atoms with Crippen molar-refractivity contribution in [2.45, 2.75) is 48.0 Å². The van der Waals surface area contributed by atoms with Crippen molar-refractivity contribution in [1.29, 1.82) is 0 Å². The molecule has 1 aromatic rings. The number of nitrogens with zero attached hydrogens (tertiary/aromatic N) is 1. The van der Waals surface area contributed by atoms with Gasteiger partial charge in [0.2, 0.25) is 0 Å². The van der Waals surface area contributed by atoms with E-state index in [2.05, 4.69) is 0 Å². The predicted octanol–water partition coefficient (Wildman–Crippen LogP) is 3.23. The predicted molar refractivity (Wildman–Crippen MR) is 96.4 cm³/mol. The third-order valence-electron chi connectivity index (χ3n) is 2.20. The average Bonchev–Trinajstić information content (AvgIpc) is 2.57. The second kappa shape index (κ2) is 16.3. The van der Waals surface area contributed by atoms with Crippen molar-refractivity contribution in [3.05, 3.63) is 50.3 Å². The molecule has 22 heavy (non-hydrogen) atoms. The molecular weight excluding hydrogens is 446 g/mol. The summed E-state index contributed by atoms with van der Waals surface area (Å²) in [5, 5.41) is 0. The zero-order valence-corrected chi connectivity index (χ0v) is 18.1. The minimum absolute atomic E-state index is 0.345. The summed E-state index contributed by atoms with van der Waals surface area (Å²) >= 11 is 1.34. The van der Waals surface area contributed by atoms with Gasteiger partial charge in [-0.15, -0.1) is 0 Å². The molecule has 1 rings (SSSR count). The zero-order valence-electron chi connectivity index (χ0n) is 15.2. The number of hydrogen-bond donors (Lipinski definition) is 0. The van der Waals surface area contributed by atoms with Crippen molar-refractivity contribution < 1.29 is 19.4 Å². The van der Waals surface area contributed by atoms with Crippen molar-refractivity contribution in [2.24, 2.45) is 0 Å². The van der Waals surface area contributed by atoms with Crippen LogP contribution >= 0.6 is 0 Å². The first-order valence-corrected chi connectivity index (χ1v) is 9.41. The molecule has 0 spiro atoms. The van der Waals surface area contributed by atoms with Crippen LogP contribution in [-0.2, 0) is 25.8 Å². The Morgan fingerprint density at radius 3 is 1.86 bits per heavy atom. The Balaban J connectivity index is -0.000000535. The standard InChI is InChI=1S/C12H12NO2.3C2H6.W/c1-5-6-8(2)7-9-10(13(3)4)12(15)11(9)14;3*1-2;/h1-2,5-6H,7H2,3-4H3;3*1-2H3;/q-1;;;;. The second-order valence-electron chi connectivity index (χ2n) is 3.63. The van der Waals surface area contributed by atoms with Crippen LogP contribution in [0, 0.1) is 6.58 Å². The topological polar surface area (TPSA) is 37.4 Å². The van der Waals surface area contributed by atoms with Crippen LogP contribution in [0.15, 0.2) is 27.3 Å². The summed E-state index contributed by atoms with van der Waals surface area (Å²) in [6.45, 7) is 17.7. The molecule has 0 aromatic heterocycles. The van der Waals surface area contributed by atoms with E-state index in [-0.39, 0.29) is 0 Å². The molecule has 0 aliphatic rings. The first-order chi connectivity index (χ1) is 10.5. The molecule has 0 heterocycles. The molecule has 0 saturated carbocycles. The van der Waals surface area contributed by atoms with Gasteiger partial charge in [-0.25, -0.2) is 0 Å². The monoisotopic (exact) mass is 476 g/mol. The van der Waals surface area contributed by atoms with Gasteiger partial charge in [-0.2, -0.15) is 0 Å². The molecule has 0 atom stereocenters. The molecule has 126 valence electrons. The van der Waals surface area contributed by atoms with E-state index < -0.39 is 10.9 Å². The van der Waals surface area contributed by atoms with E-state index in [0.717, 1.165) is 0 Å². The number of rotatable bonds is 5. The van der Waals surface area contributed by atoms with Gasteiger partial charge in [0.25, 0.3) is 0 Å². The van der Waals surface area contributed by atoms with Crippen LogP contribution < -0.4 is 15.8 Å². The van der Waals surface area contributed by atoms with Gasteiger partial charge in [0.15, 0.2) is 0 Å². The minimum atomic E-state index is -0.414. The summed E-state index contributed by atoms with van der Waals surface area (Å²) in [4.78, 5) is 24.3. The van der Waals surface area contributed by atoms with E-state index in [0.29, 0.717) is 23.2 Å². The van der Waals surface area contributed by atoms with Gasteiger partial charge in [-0.05, 0) is 0 Å². The van der Waals surface area contributed by atoms with Crippen molar-refractivity contribution >= 4 is 10.1 Å².